The van der Waals surface area contributed by atoms with E-state index in [1.54, 1.807) is 0 Å². The molecule has 0 unspecified atom stereocenters. The molecule has 1 aliphatic rings. The molecule has 28 heavy (non-hydrogen) atoms. The highest BCUT2D eigenvalue weighted by Crippen LogP contribution is 2.27. The van der Waals surface area contributed by atoms with Crippen LogP contribution in [-0.4, -0.2) is 16.5 Å². The first-order valence-electron chi connectivity index (χ1n) is 10.1. The van der Waals surface area contributed by atoms with Gasteiger partial charge in [-0.25, -0.2) is 0 Å². The zero-order valence-corrected chi connectivity index (χ0v) is 16.1. The fourth-order valence-corrected chi connectivity index (χ4v) is 4.10. The molecule has 0 bridgehead atoms. The molecule has 144 valence electrons. The Labute approximate surface area is 166 Å². The minimum atomic E-state index is -0.387. The molecule has 0 atom stereocenters. The molecule has 4 nitrogen and oxygen atoms in total. The number of hydrogen-bond acceptors (Lipinski definition) is 2. The van der Waals surface area contributed by atoms with Crippen LogP contribution in [0.25, 0.3) is 5.69 Å². The molecule has 1 aromatic heterocycles. The zero-order chi connectivity index (χ0) is 19.3. The van der Waals surface area contributed by atoms with E-state index in [1.165, 1.54) is 30.5 Å². The van der Waals surface area contributed by atoms with Gasteiger partial charge in [-0.15, -0.1) is 0 Å². The highest BCUT2D eigenvalue weighted by molar-refractivity contribution is 5.99. The average molecular weight is 374 g/mol. The van der Waals surface area contributed by atoms with Gasteiger partial charge in [0.1, 0.15) is 0 Å². The number of nitrogens with zero attached hydrogens (tertiary/aromatic N) is 1. The molecule has 2 aromatic carbocycles. The minimum Gasteiger partial charge on any atom is -0.382 e. The molecule has 0 radical (unpaired) electrons. The van der Waals surface area contributed by atoms with Crippen molar-refractivity contribution in [3.8, 4) is 5.69 Å². The Kier molecular flexibility index (Phi) is 5.47. The first kappa shape index (κ1) is 18.4. The van der Waals surface area contributed by atoms with Crippen LogP contribution in [-0.2, 0) is 6.42 Å². The molecular weight excluding hydrogens is 346 g/mol. The number of primary amides is 1. The third-order valence-corrected chi connectivity index (χ3v) is 5.57. The number of anilines is 1. The second kappa shape index (κ2) is 8.34. The molecule has 1 amide bonds. The fraction of sp³-hybridized carbons (Fsp3) is 0.292. The summed E-state index contributed by atoms with van der Waals surface area (Å²) in [5, 5.41) is 3.59. The van der Waals surface area contributed by atoms with E-state index in [0.717, 1.165) is 30.6 Å². The van der Waals surface area contributed by atoms with E-state index in [2.05, 4.69) is 58.5 Å². The number of nitrogens with one attached hydrogen (secondary N) is 1. The molecule has 1 saturated carbocycles. The van der Waals surface area contributed by atoms with E-state index in [0.29, 0.717) is 11.6 Å². The van der Waals surface area contributed by atoms with Gasteiger partial charge < -0.3 is 15.6 Å². The van der Waals surface area contributed by atoms with Crippen molar-refractivity contribution in [2.75, 3.05) is 5.32 Å². The van der Waals surface area contributed by atoms with Crippen LogP contribution in [0, 0.1) is 0 Å². The topological polar surface area (TPSA) is 60.1 Å². The maximum absolute atomic E-state index is 11.9. The third-order valence-electron chi connectivity index (χ3n) is 5.57. The van der Waals surface area contributed by atoms with Crippen LogP contribution in [0.3, 0.4) is 0 Å². The lowest BCUT2D eigenvalue weighted by Gasteiger charge is -2.25. The van der Waals surface area contributed by atoms with E-state index in [1.807, 2.05) is 18.2 Å². The van der Waals surface area contributed by atoms with Gasteiger partial charge in [-0.1, -0.05) is 49.6 Å². The lowest BCUT2D eigenvalue weighted by atomic mass is 9.95. The first-order chi connectivity index (χ1) is 13.7. The van der Waals surface area contributed by atoms with Crippen LogP contribution in [0.15, 0.2) is 66.9 Å². The number of aromatic nitrogens is 1. The second-order valence-corrected chi connectivity index (χ2v) is 7.61. The van der Waals surface area contributed by atoms with E-state index >= 15 is 0 Å². The van der Waals surface area contributed by atoms with Crippen molar-refractivity contribution in [2.24, 2.45) is 5.73 Å². The van der Waals surface area contributed by atoms with Crippen LogP contribution < -0.4 is 11.1 Å². The molecule has 1 fully saturated rings. The minimum absolute atomic E-state index is 0.387. The highest BCUT2D eigenvalue weighted by Gasteiger charge is 2.17. The second-order valence-electron chi connectivity index (χ2n) is 7.61. The summed E-state index contributed by atoms with van der Waals surface area (Å²) in [7, 11) is 0. The van der Waals surface area contributed by atoms with Gasteiger partial charge in [-0.05, 0) is 48.7 Å². The lowest BCUT2D eigenvalue weighted by Crippen LogP contribution is -2.24. The molecule has 4 rings (SSSR count). The number of carbonyl (C=O) groups is 1. The molecule has 1 heterocycles. The monoisotopic (exact) mass is 373 g/mol. The summed E-state index contributed by atoms with van der Waals surface area (Å²) in [5.74, 6) is -0.387. The molecule has 4 heteroatoms. The maximum atomic E-state index is 11.9. The molecule has 3 aromatic rings. The highest BCUT2D eigenvalue weighted by atomic mass is 16.1. The van der Waals surface area contributed by atoms with Crippen molar-refractivity contribution < 1.29 is 4.79 Å². The Balaban J connectivity index is 1.64. The average Bonchev–Trinajstić information content (AvgIpc) is 3.17. The van der Waals surface area contributed by atoms with Gasteiger partial charge in [0, 0.05) is 35.7 Å². The van der Waals surface area contributed by atoms with Crippen molar-refractivity contribution in [3.05, 3.63) is 83.7 Å². The van der Waals surface area contributed by atoms with Gasteiger partial charge in [-0.2, -0.15) is 0 Å². The van der Waals surface area contributed by atoms with Gasteiger partial charge in [0.2, 0.25) is 0 Å². The summed E-state index contributed by atoms with van der Waals surface area (Å²) in [5.41, 5.74) is 10.6. The Morgan fingerprint density at radius 2 is 1.79 bits per heavy atom. The number of amides is 1. The normalized spacial score (nSPS) is 14.7. The molecule has 0 spiro atoms. The van der Waals surface area contributed by atoms with Crippen LogP contribution >= 0.6 is 0 Å². The van der Waals surface area contributed by atoms with Gasteiger partial charge in [0.05, 0.1) is 5.56 Å². The molecule has 0 aliphatic heterocycles. The number of carbonyl (C=O) groups excluding carboxylic acids is 1. The van der Waals surface area contributed by atoms with E-state index in [9.17, 15) is 4.79 Å². The Morgan fingerprint density at radius 1 is 1.00 bits per heavy atom. The predicted octanol–water partition coefficient (Wildman–Crippen LogP) is 4.91. The largest absolute Gasteiger partial charge is 0.382 e. The predicted molar refractivity (Wildman–Crippen MR) is 114 cm³/mol. The van der Waals surface area contributed by atoms with Crippen LogP contribution in [0.5, 0.6) is 0 Å². The maximum Gasteiger partial charge on any atom is 0.250 e. The molecule has 0 saturated heterocycles. The van der Waals surface area contributed by atoms with Crippen molar-refractivity contribution in [1.82, 2.24) is 4.57 Å². The van der Waals surface area contributed by atoms with Crippen molar-refractivity contribution in [2.45, 2.75) is 44.6 Å². The Hall–Kier alpha value is -3.01. The summed E-state index contributed by atoms with van der Waals surface area (Å²) in [6.45, 7) is 0. The lowest BCUT2D eigenvalue weighted by molar-refractivity contribution is 0.100. The van der Waals surface area contributed by atoms with E-state index in [4.69, 9.17) is 5.73 Å². The summed E-state index contributed by atoms with van der Waals surface area (Å²) >= 11 is 0. The number of hydrogen-bond donors (Lipinski definition) is 2. The molecular formula is C24H27N3O. The number of benzene rings is 2. The van der Waals surface area contributed by atoms with Gasteiger partial charge in [0.15, 0.2) is 0 Å². The van der Waals surface area contributed by atoms with E-state index < -0.39 is 0 Å². The summed E-state index contributed by atoms with van der Waals surface area (Å²) in [6, 6.07) is 20.9. The number of rotatable bonds is 6. The standard InChI is InChI=1S/C24H27N3O/c25-24(28)22-14-13-21(17-23(22)26-19-10-5-2-6-11-19)27-15-7-12-20(27)16-18-8-3-1-4-9-18/h1,3-4,7-9,12-15,17,19,26H,2,5-6,10-11,16H2,(H2,25,28). The van der Waals surface area contributed by atoms with Crippen molar-refractivity contribution in [3.63, 3.8) is 0 Å². The summed E-state index contributed by atoms with van der Waals surface area (Å²) in [6.07, 6.45) is 8.99. The van der Waals surface area contributed by atoms with Crippen LogP contribution in [0.4, 0.5) is 5.69 Å². The van der Waals surface area contributed by atoms with Gasteiger partial charge in [-0.3, -0.25) is 4.79 Å². The fourth-order valence-electron chi connectivity index (χ4n) is 4.10. The van der Waals surface area contributed by atoms with Gasteiger partial charge in [0.25, 0.3) is 5.91 Å². The Bertz CT molecular complexity index is 939. The van der Waals surface area contributed by atoms with Gasteiger partial charge >= 0.3 is 0 Å². The third kappa shape index (κ3) is 4.11. The smallest absolute Gasteiger partial charge is 0.250 e. The quantitative estimate of drug-likeness (QED) is 0.645. The number of nitrogens with two attached hydrogens (primary N) is 1. The van der Waals surface area contributed by atoms with Crippen LogP contribution in [0.1, 0.15) is 53.7 Å². The SMILES string of the molecule is NC(=O)c1ccc(-n2cccc2Cc2ccccc2)cc1NC1CCCCC1. The van der Waals surface area contributed by atoms with E-state index in [-0.39, 0.29) is 5.91 Å². The summed E-state index contributed by atoms with van der Waals surface area (Å²) in [4.78, 5) is 11.9. The molecule has 3 N–H and O–H groups in total. The van der Waals surface area contributed by atoms with Crippen molar-refractivity contribution in [1.29, 1.82) is 0 Å². The Morgan fingerprint density at radius 3 is 2.54 bits per heavy atom. The van der Waals surface area contributed by atoms with Crippen LogP contribution in [0.2, 0.25) is 0 Å². The molecule has 1 aliphatic carbocycles. The first-order valence-corrected chi connectivity index (χ1v) is 10.1. The zero-order valence-electron chi connectivity index (χ0n) is 16.1. The summed E-state index contributed by atoms with van der Waals surface area (Å²) < 4.78 is 2.18. The van der Waals surface area contributed by atoms with Crippen molar-refractivity contribution >= 4 is 11.6 Å².